The summed E-state index contributed by atoms with van der Waals surface area (Å²) in [5.41, 5.74) is 0.649. The van der Waals surface area contributed by atoms with E-state index in [0.29, 0.717) is 5.57 Å². The molecule has 0 rings (SSSR count). The first kappa shape index (κ1) is 12.0. The first-order chi connectivity index (χ1) is 5.72. The van der Waals surface area contributed by atoms with Crippen molar-refractivity contribution in [3.05, 3.63) is 12.2 Å². The summed E-state index contributed by atoms with van der Waals surface area (Å²) in [6, 6.07) is 0. The molecule has 0 amide bonds. The molecule has 0 unspecified atom stereocenters. The number of carbonyl (C=O) groups excluding carboxylic acids is 1. The van der Waals surface area contributed by atoms with Crippen LogP contribution in [-0.4, -0.2) is 34.0 Å². The van der Waals surface area contributed by atoms with Crippen molar-refractivity contribution in [1.82, 2.24) is 0 Å². The van der Waals surface area contributed by atoms with Crippen LogP contribution in [0.3, 0.4) is 0 Å². The fraction of sp³-hybridized carbons (Fsp3) is 0.667. The van der Waals surface area contributed by atoms with Crippen LogP contribution in [0.1, 0.15) is 19.8 Å². The molecule has 0 aromatic heterocycles. The van der Waals surface area contributed by atoms with Gasteiger partial charge in [-0.1, -0.05) is 0 Å². The second kappa shape index (κ2) is 7.64. The molecule has 0 atom stereocenters. The Balaban J connectivity index is 3.38. The van der Waals surface area contributed by atoms with E-state index < -0.39 is 0 Å². The van der Waals surface area contributed by atoms with Crippen LogP contribution in [0.25, 0.3) is 0 Å². The Hall–Kier alpha value is -0.000390. The molecule has 0 N–H and O–H groups in total. The number of carbonyl (C=O) groups is 1. The molecule has 0 aliphatic rings. The van der Waals surface area contributed by atoms with E-state index in [1.807, 2.05) is 0 Å². The molecule has 0 bridgehead atoms. The van der Waals surface area contributed by atoms with Crippen LogP contribution in [-0.2, 0) is 9.53 Å². The van der Waals surface area contributed by atoms with Gasteiger partial charge in [0.1, 0.15) is 0 Å². The predicted molar refractivity (Wildman–Crippen MR) is 51.4 cm³/mol. The fourth-order valence-corrected chi connectivity index (χ4v) is 3.50. The van der Waals surface area contributed by atoms with Gasteiger partial charge in [0.05, 0.1) is 0 Å². The quantitative estimate of drug-likeness (QED) is 0.323. The summed E-state index contributed by atoms with van der Waals surface area (Å²) in [4.78, 5) is 10.9. The SMILES string of the molecule is C=C(C[Te]CCCC)C(=O)OC. The van der Waals surface area contributed by atoms with Crippen LogP contribution in [0.2, 0.25) is 8.94 Å². The van der Waals surface area contributed by atoms with Crippen molar-refractivity contribution in [3.8, 4) is 0 Å². The van der Waals surface area contributed by atoms with E-state index >= 15 is 0 Å². The van der Waals surface area contributed by atoms with E-state index in [0.717, 1.165) is 4.47 Å². The Labute approximate surface area is 84.4 Å². The maximum absolute atomic E-state index is 10.9. The number of hydrogen-bond donors (Lipinski definition) is 0. The van der Waals surface area contributed by atoms with E-state index in [-0.39, 0.29) is 26.9 Å². The molecule has 0 saturated heterocycles. The molecule has 0 fully saturated rings. The third kappa shape index (κ3) is 5.62. The van der Waals surface area contributed by atoms with Crippen molar-refractivity contribution in [2.45, 2.75) is 28.7 Å². The molecule has 0 aromatic rings. The Morgan fingerprint density at radius 1 is 1.58 bits per heavy atom. The third-order valence-electron chi connectivity index (χ3n) is 1.39. The van der Waals surface area contributed by atoms with Gasteiger partial charge in [-0.2, -0.15) is 0 Å². The first-order valence-corrected chi connectivity index (χ1v) is 7.35. The monoisotopic (exact) mass is 286 g/mol. The maximum atomic E-state index is 10.9. The van der Waals surface area contributed by atoms with E-state index in [2.05, 4.69) is 18.2 Å². The minimum absolute atomic E-state index is 0.0265. The number of unbranched alkanes of at least 4 members (excludes halogenated alkanes) is 1. The zero-order valence-corrected chi connectivity index (χ0v) is 10.1. The fourth-order valence-electron chi connectivity index (χ4n) is 0.645. The molecule has 0 aliphatic heterocycles. The normalized spacial score (nSPS) is 9.50. The van der Waals surface area contributed by atoms with Gasteiger partial charge in [0.25, 0.3) is 0 Å². The van der Waals surface area contributed by atoms with Crippen LogP contribution in [0, 0.1) is 0 Å². The first-order valence-electron chi connectivity index (χ1n) is 4.06. The molecular weight excluding hydrogens is 268 g/mol. The minimum atomic E-state index is -0.239. The standard InChI is InChI=1S/C9H16O2Te/c1-4-5-6-12-7-8(2)9(10)11-3/h2,4-7H2,1,3H3. The zero-order chi connectivity index (χ0) is 9.40. The summed E-state index contributed by atoms with van der Waals surface area (Å²) in [7, 11) is 1.40. The number of methoxy groups -OCH3 is 1. The summed E-state index contributed by atoms with van der Waals surface area (Å²) in [6.07, 6.45) is 2.53. The molecule has 0 radical (unpaired) electrons. The van der Waals surface area contributed by atoms with Crippen molar-refractivity contribution in [1.29, 1.82) is 0 Å². The average molecular weight is 284 g/mol. The van der Waals surface area contributed by atoms with Gasteiger partial charge in [0.2, 0.25) is 0 Å². The molecule has 0 spiro atoms. The summed E-state index contributed by atoms with van der Waals surface area (Å²) in [5, 5.41) is 0. The van der Waals surface area contributed by atoms with Crippen LogP contribution in [0.15, 0.2) is 12.2 Å². The molecular formula is C9H16O2Te. The van der Waals surface area contributed by atoms with Gasteiger partial charge in [-0.05, 0) is 0 Å². The summed E-state index contributed by atoms with van der Waals surface area (Å²) < 4.78 is 6.75. The van der Waals surface area contributed by atoms with E-state index in [4.69, 9.17) is 0 Å². The summed E-state index contributed by atoms with van der Waals surface area (Å²) >= 11 is -0.0265. The van der Waals surface area contributed by atoms with Crippen molar-refractivity contribution < 1.29 is 9.53 Å². The molecule has 70 valence electrons. The number of ether oxygens (including phenoxy) is 1. The van der Waals surface area contributed by atoms with Gasteiger partial charge < -0.3 is 0 Å². The van der Waals surface area contributed by atoms with Crippen molar-refractivity contribution >= 4 is 26.9 Å². The molecule has 0 saturated carbocycles. The van der Waals surface area contributed by atoms with Gasteiger partial charge in [-0.25, -0.2) is 0 Å². The second-order valence-corrected chi connectivity index (χ2v) is 5.66. The van der Waals surface area contributed by atoms with Crippen LogP contribution < -0.4 is 0 Å². The Morgan fingerprint density at radius 2 is 2.25 bits per heavy atom. The van der Waals surface area contributed by atoms with Gasteiger partial charge >= 0.3 is 84.4 Å². The van der Waals surface area contributed by atoms with Gasteiger partial charge in [0.15, 0.2) is 0 Å². The number of rotatable bonds is 6. The van der Waals surface area contributed by atoms with Gasteiger partial charge in [0, 0.05) is 0 Å². The predicted octanol–water partition coefficient (Wildman–Crippen LogP) is 2.06. The third-order valence-corrected chi connectivity index (χ3v) is 4.62. The topological polar surface area (TPSA) is 26.3 Å². The van der Waals surface area contributed by atoms with Crippen molar-refractivity contribution in [2.24, 2.45) is 0 Å². The summed E-state index contributed by atoms with van der Waals surface area (Å²) in [6.45, 7) is 5.86. The van der Waals surface area contributed by atoms with E-state index in [1.165, 1.54) is 24.4 Å². The molecule has 3 heteroatoms. The zero-order valence-electron chi connectivity index (χ0n) is 7.76. The average Bonchev–Trinajstić information content (AvgIpc) is 2.10. The Kier molecular flexibility index (Phi) is 7.64. The summed E-state index contributed by atoms with van der Waals surface area (Å²) in [5.74, 6) is -0.239. The van der Waals surface area contributed by atoms with Crippen molar-refractivity contribution in [3.63, 3.8) is 0 Å². The Bertz CT molecular complexity index is 155. The molecule has 2 nitrogen and oxygen atoms in total. The molecule has 0 heterocycles. The molecule has 12 heavy (non-hydrogen) atoms. The van der Waals surface area contributed by atoms with Gasteiger partial charge in [-0.3, -0.25) is 0 Å². The molecule has 0 aliphatic carbocycles. The molecule has 0 aromatic carbocycles. The van der Waals surface area contributed by atoms with Crippen LogP contribution in [0.4, 0.5) is 0 Å². The van der Waals surface area contributed by atoms with Crippen LogP contribution in [0.5, 0.6) is 0 Å². The van der Waals surface area contributed by atoms with E-state index in [1.54, 1.807) is 0 Å². The number of esters is 1. The second-order valence-electron chi connectivity index (χ2n) is 2.50. The Morgan fingerprint density at radius 3 is 2.75 bits per heavy atom. The van der Waals surface area contributed by atoms with Crippen LogP contribution >= 0.6 is 0 Å². The van der Waals surface area contributed by atoms with E-state index in [9.17, 15) is 4.79 Å². The number of hydrogen-bond acceptors (Lipinski definition) is 2. The van der Waals surface area contributed by atoms with Gasteiger partial charge in [-0.15, -0.1) is 0 Å². The van der Waals surface area contributed by atoms with Crippen molar-refractivity contribution in [2.75, 3.05) is 7.11 Å².